The van der Waals surface area contributed by atoms with Crippen LogP contribution in [0.3, 0.4) is 0 Å². The molecule has 1 rings (SSSR count). The molecule has 1 amide bonds. The van der Waals surface area contributed by atoms with Crippen LogP contribution in [-0.2, 0) is 0 Å². The van der Waals surface area contributed by atoms with Crippen molar-refractivity contribution < 1.29 is 27.9 Å². The third-order valence-corrected chi connectivity index (χ3v) is 2.21. The monoisotopic (exact) mass is 279 g/mol. The number of aromatic nitrogens is 2. The lowest BCUT2D eigenvalue weighted by atomic mass is 10.2. The van der Waals surface area contributed by atoms with Crippen molar-refractivity contribution in [2.24, 2.45) is 0 Å². The summed E-state index contributed by atoms with van der Waals surface area (Å²) in [6.07, 6.45) is -3.28. The molecule has 9 heteroatoms. The van der Waals surface area contributed by atoms with Crippen LogP contribution in [0.2, 0.25) is 0 Å². The molecule has 0 spiro atoms. The average molecular weight is 279 g/mol. The summed E-state index contributed by atoms with van der Waals surface area (Å²) >= 11 is 0. The zero-order chi connectivity index (χ0) is 14.6. The number of halogens is 3. The number of carbonyl (C=O) groups is 2. The number of nitrogens with zero attached hydrogens (tertiary/aromatic N) is 2. The Hall–Kier alpha value is -2.06. The number of H-pyrrole nitrogens is 1. The number of carboxylic acids is 1. The normalized spacial score (nSPS) is 11.4. The second-order valence-corrected chi connectivity index (χ2v) is 3.77. The summed E-state index contributed by atoms with van der Waals surface area (Å²) in [5.41, 5.74) is -1.04. The van der Waals surface area contributed by atoms with Crippen LogP contribution in [0.25, 0.3) is 0 Å². The third-order valence-electron chi connectivity index (χ3n) is 2.21. The van der Waals surface area contributed by atoms with Crippen LogP contribution in [0, 0.1) is 0 Å². The molecule has 0 fully saturated rings. The molecule has 0 aliphatic rings. The van der Waals surface area contributed by atoms with Crippen molar-refractivity contribution in [3.05, 3.63) is 17.7 Å². The predicted molar refractivity (Wildman–Crippen MR) is 57.8 cm³/mol. The Balaban J connectivity index is 2.99. The lowest BCUT2D eigenvalue weighted by Crippen LogP contribution is -2.40. The van der Waals surface area contributed by atoms with E-state index in [1.165, 1.54) is 0 Å². The maximum atomic E-state index is 12.4. The first-order valence-corrected chi connectivity index (χ1v) is 5.39. The van der Waals surface area contributed by atoms with Crippen LogP contribution in [0.5, 0.6) is 0 Å². The topological polar surface area (TPSA) is 86.3 Å². The minimum absolute atomic E-state index is 0.135. The highest BCUT2D eigenvalue weighted by molar-refractivity contribution is 6.02. The van der Waals surface area contributed by atoms with Gasteiger partial charge in [-0.2, -0.15) is 13.2 Å². The van der Waals surface area contributed by atoms with Gasteiger partial charge in [0.1, 0.15) is 6.54 Å². The summed E-state index contributed by atoms with van der Waals surface area (Å²) in [4.78, 5) is 28.9. The summed E-state index contributed by atoms with van der Waals surface area (Å²) < 4.78 is 37.1. The van der Waals surface area contributed by atoms with Crippen molar-refractivity contribution in [1.29, 1.82) is 0 Å². The molecule has 1 heterocycles. The van der Waals surface area contributed by atoms with E-state index >= 15 is 0 Å². The molecule has 1 aromatic rings. The second-order valence-electron chi connectivity index (χ2n) is 3.77. The van der Waals surface area contributed by atoms with Crippen molar-refractivity contribution in [3.8, 4) is 0 Å². The number of hydrogen-bond acceptors (Lipinski definition) is 3. The molecule has 2 N–H and O–H groups in total. The molecular weight excluding hydrogens is 267 g/mol. The van der Waals surface area contributed by atoms with Crippen LogP contribution >= 0.6 is 0 Å². The zero-order valence-corrected chi connectivity index (χ0v) is 9.99. The molecule has 106 valence electrons. The number of rotatable bonds is 5. The van der Waals surface area contributed by atoms with E-state index in [4.69, 9.17) is 5.11 Å². The fraction of sp³-hybridized carbons (Fsp3) is 0.500. The Labute approximate surface area is 106 Å². The van der Waals surface area contributed by atoms with Crippen molar-refractivity contribution in [3.63, 3.8) is 0 Å². The number of amides is 1. The Bertz CT molecular complexity index is 470. The van der Waals surface area contributed by atoms with Gasteiger partial charge in [-0.3, -0.25) is 4.79 Å². The van der Waals surface area contributed by atoms with Gasteiger partial charge in [-0.1, -0.05) is 6.92 Å². The van der Waals surface area contributed by atoms with Crippen LogP contribution in [-0.4, -0.2) is 51.1 Å². The summed E-state index contributed by atoms with van der Waals surface area (Å²) in [7, 11) is 0. The van der Waals surface area contributed by atoms with Crippen molar-refractivity contribution in [2.75, 3.05) is 13.1 Å². The van der Waals surface area contributed by atoms with Gasteiger partial charge in [0, 0.05) is 6.54 Å². The number of nitrogens with one attached hydrogen (secondary N) is 1. The number of aromatic carboxylic acids is 1. The maximum Gasteiger partial charge on any atom is 0.406 e. The van der Waals surface area contributed by atoms with E-state index in [-0.39, 0.29) is 6.54 Å². The molecule has 0 atom stereocenters. The van der Waals surface area contributed by atoms with E-state index in [1.54, 1.807) is 6.92 Å². The lowest BCUT2D eigenvalue weighted by Gasteiger charge is -2.22. The molecule has 19 heavy (non-hydrogen) atoms. The number of imidazole rings is 1. The van der Waals surface area contributed by atoms with E-state index in [1.807, 2.05) is 0 Å². The van der Waals surface area contributed by atoms with Gasteiger partial charge in [0.2, 0.25) is 0 Å². The van der Waals surface area contributed by atoms with Crippen molar-refractivity contribution in [1.82, 2.24) is 14.9 Å². The summed E-state index contributed by atoms with van der Waals surface area (Å²) in [5, 5.41) is 8.78. The van der Waals surface area contributed by atoms with E-state index < -0.39 is 36.0 Å². The summed E-state index contributed by atoms with van der Waals surface area (Å²) in [6, 6.07) is 0. The quantitative estimate of drug-likeness (QED) is 0.855. The molecular formula is C10H12F3N3O3. The molecule has 0 saturated heterocycles. The second kappa shape index (κ2) is 5.72. The van der Waals surface area contributed by atoms with Crippen molar-refractivity contribution in [2.45, 2.75) is 19.5 Å². The first-order chi connectivity index (χ1) is 8.76. The molecule has 0 saturated carbocycles. The Morgan fingerprint density at radius 1 is 1.47 bits per heavy atom. The average Bonchev–Trinajstić information content (AvgIpc) is 2.74. The zero-order valence-electron chi connectivity index (χ0n) is 9.99. The third kappa shape index (κ3) is 3.97. The molecule has 0 aliphatic heterocycles. The van der Waals surface area contributed by atoms with E-state index in [0.717, 1.165) is 6.33 Å². The van der Waals surface area contributed by atoms with Gasteiger partial charge in [-0.25, -0.2) is 9.78 Å². The standard InChI is InChI=1S/C10H12F3N3O3/c1-2-3-16(4-10(11,12)13)8(17)6-7(9(18)19)15-5-14-6/h5H,2-4H2,1H3,(H,14,15)(H,18,19). The van der Waals surface area contributed by atoms with Crippen LogP contribution in [0.1, 0.15) is 34.3 Å². The van der Waals surface area contributed by atoms with E-state index in [0.29, 0.717) is 11.3 Å². The number of hydrogen-bond donors (Lipinski definition) is 2. The first kappa shape index (κ1) is 15.0. The Morgan fingerprint density at radius 3 is 2.58 bits per heavy atom. The van der Waals surface area contributed by atoms with Crippen LogP contribution < -0.4 is 0 Å². The minimum atomic E-state index is -4.55. The molecule has 0 unspecified atom stereocenters. The van der Waals surface area contributed by atoms with E-state index in [9.17, 15) is 22.8 Å². The summed E-state index contributed by atoms with van der Waals surface area (Å²) in [6.45, 7) is 0.0369. The first-order valence-electron chi connectivity index (χ1n) is 5.39. The number of alkyl halides is 3. The minimum Gasteiger partial charge on any atom is -0.477 e. The van der Waals surface area contributed by atoms with Crippen LogP contribution in [0.15, 0.2) is 6.33 Å². The van der Waals surface area contributed by atoms with Crippen LogP contribution in [0.4, 0.5) is 13.2 Å². The lowest BCUT2D eigenvalue weighted by molar-refractivity contribution is -0.140. The Morgan fingerprint density at radius 2 is 2.11 bits per heavy atom. The van der Waals surface area contributed by atoms with Gasteiger partial charge in [-0.05, 0) is 6.42 Å². The van der Waals surface area contributed by atoms with Gasteiger partial charge >= 0.3 is 12.1 Å². The highest BCUT2D eigenvalue weighted by atomic mass is 19.4. The molecule has 0 aromatic carbocycles. The van der Waals surface area contributed by atoms with Gasteiger partial charge in [-0.15, -0.1) is 0 Å². The molecule has 1 aromatic heterocycles. The Kier molecular flexibility index (Phi) is 4.52. The fourth-order valence-electron chi connectivity index (χ4n) is 1.51. The van der Waals surface area contributed by atoms with Gasteiger partial charge in [0.15, 0.2) is 11.4 Å². The van der Waals surface area contributed by atoms with Gasteiger partial charge in [0.25, 0.3) is 5.91 Å². The largest absolute Gasteiger partial charge is 0.477 e. The highest BCUT2D eigenvalue weighted by Crippen LogP contribution is 2.18. The fourth-order valence-corrected chi connectivity index (χ4v) is 1.51. The number of carboxylic acid groups (broad SMARTS) is 1. The number of carbonyl (C=O) groups excluding carboxylic acids is 1. The molecule has 0 bridgehead atoms. The number of aromatic amines is 1. The van der Waals surface area contributed by atoms with E-state index in [2.05, 4.69) is 9.97 Å². The summed E-state index contributed by atoms with van der Waals surface area (Å²) in [5.74, 6) is -2.51. The molecule has 0 radical (unpaired) electrons. The van der Waals surface area contributed by atoms with Gasteiger partial charge in [0.05, 0.1) is 6.33 Å². The maximum absolute atomic E-state index is 12.4. The molecule has 6 nitrogen and oxygen atoms in total. The van der Waals surface area contributed by atoms with Gasteiger partial charge < -0.3 is 15.0 Å². The van der Waals surface area contributed by atoms with Crippen molar-refractivity contribution >= 4 is 11.9 Å². The highest BCUT2D eigenvalue weighted by Gasteiger charge is 2.34. The SMILES string of the molecule is CCCN(CC(F)(F)F)C(=O)c1nc[nH]c1C(=O)O. The smallest absolute Gasteiger partial charge is 0.406 e. The predicted octanol–water partition coefficient (Wildman–Crippen LogP) is 1.52. The molecule has 0 aliphatic carbocycles.